The largest absolute Gasteiger partial charge is 0.342 e. The first-order valence-electron chi connectivity index (χ1n) is 13.3. The minimum Gasteiger partial charge on any atom is -0.342 e. The Morgan fingerprint density at radius 2 is 1.59 bits per heavy atom. The topological polar surface area (TPSA) is 72.5 Å². The highest BCUT2D eigenvalue weighted by Gasteiger charge is 2.24. The van der Waals surface area contributed by atoms with Gasteiger partial charge in [0.15, 0.2) is 0 Å². The third-order valence-electron chi connectivity index (χ3n) is 7.52. The Kier molecular flexibility index (Phi) is 6.43. The van der Waals surface area contributed by atoms with E-state index in [9.17, 15) is 9.59 Å². The van der Waals surface area contributed by atoms with Crippen LogP contribution in [0.5, 0.6) is 0 Å². The fourth-order valence-electron chi connectivity index (χ4n) is 5.62. The smallest absolute Gasteiger partial charge is 0.271 e. The molecule has 0 spiro atoms. The quantitative estimate of drug-likeness (QED) is 0.373. The number of rotatable bonds is 5. The van der Waals surface area contributed by atoms with E-state index >= 15 is 0 Å². The van der Waals surface area contributed by atoms with Crippen LogP contribution in [0.2, 0.25) is 0 Å². The molecule has 0 saturated carbocycles. The molecule has 0 atom stereocenters. The summed E-state index contributed by atoms with van der Waals surface area (Å²) in [7, 11) is 0. The van der Waals surface area contributed by atoms with E-state index in [1.54, 1.807) is 16.8 Å². The van der Waals surface area contributed by atoms with E-state index in [1.807, 2.05) is 64.1 Å². The first-order valence-corrected chi connectivity index (χ1v) is 13.3. The van der Waals surface area contributed by atoms with Crippen LogP contribution in [0, 0.1) is 0 Å². The molecule has 7 heteroatoms. The molecule has 1 aromatic carbocycles. The third kappa shape index (κ3) is 4.61. The Balaban J connectivity index is 1.45. The Labute approximate surface area is 216 Å². The highest BCUT2D eigenvalue weighted by molar-refractivity contribution is 5.90. The van der Waals surface area contributed by atoms with Gasteiger partial charge in [-0.05, 0) is 68.7 Å². The van der Waals surface area contributed by atoms with Crippen molar-refractivity contribution < 1.29 is 4.79 Å². The molecule has 1 fully saturated rings. The first-order chi connectivity index (χ1) is 18.2. The van der Waals surface area contributed by atoms with Gasteiger partial charge >= 0.3 is 0 Å². The number of amides is 1. The van der Waals surface area contributed by atoms with E-state index in [0.717, 1.165) is 85.2 Å². The summed E-state index contributed by atoms with van der Waals surface area (Å²) in [6.45, 7) is 1.68. The van der Waals surface area contributed by atoms with Gasteiger partial charge in [0.2, 0.25) is 5.91 Å². The fraction of sp³-hybridized carbons (Fsp3) is 0.333. The molecule has 1 aliphatic carbocycles. The van der Waals surface area contributed by atoms with Crippen molar-refractivity contribution in [3.63, 3.8) is 0 Å². The van der Waals surface area contributed by atoms with E-state index in [0.29, 0.717) is 12.1 Å². The van der Waals surface area contributed by atoms with Crippen molar-refractivity contribution in [2.24, 2.45) is 0 Å². The van der Waals surface area contributed by atoms with Gasteiger partial charge in [0.05, 0.1) is 16.8 Å². The molecule has 188 valence electrons. The molecular weight excluding hydrogens is 462 g/mol. The van der Waals surface area contributed by atoms with E-state index in [1.165, 1.54) is 6.42 Å². The molecule has 37 heavy (non-hydrogen) atoms. The molecule has 4 heterocycles. The zero-order valence-corrected chi connectivity index (χ0v) is 21.0. The second kappa shape index (κ2) is 10.2. The number of carbonyl (C=O) groups is 1. The molecule has 2 aliphatic rings. The zero-order chi connectivity index (χ0) is 25.2. The molecule has 6 rings (SSSR count). The summed E-state index contributed by atoms with van der Waals surface area (Å²) in [5.74, 6) is 0.173. The number of piperidine rings is 1. The number of hydrogen-bond acceptors (Lipinski definition) is 4. The maximum atomic E-state index is 13.1. The van der Waals surface area contributed by atoms with Gasteiger partial charge in [-0.25, -0.2) is 9.20 Å². The van der Waals surface area contributed by atoms with Gasteiger partial charge in [-0.3, -0.25) is 9.59 Å². The van der Waals surface area contributed by atoms with Crippen LogP contribution in [0.25, 0.3) is 33.7 Å². The molecule has 0 radical (unpaired) electrons. The summed E-state index contributed by atoms with van der Waals surface area (Å²) in [4.78, 5) is 28.2. The number of fused-ring (bicyclic) bond motifs is 1. The Morgan fingerprint density at radius 1 is 0.811 bits per heavy atom. The highest BCUT2D eigenvalue weighted by Crippen LogP contribution is 2.35. The lowest BCUT2D eigenvalue weighted by atomic mass is 9.93. The van der Waals surface area contributed by atoms with Crippen molar-refractivity contribution in [3.8, 4) is 22.5 Å². The standard InChI is InChI=1S/C30H31N5O2/c36-27-17-16-24(29-26-15-7-10-20-34(26)32-30(29)22-11-3-1-4-12-22)31-35(27)25-14-6-5-13-23(25)21-28(37)33-18-8-2-9-19-33/h1,3-4,7,10-12,15-17,20H,2,5-6,8-9,13-14,18-19,21H2. The van der Waals surface area contributed by atoms with Crippen molar-refractivity contribution in [2.45, 2.75) is 51.4 Å². The minimum atomic E-state index is -0.165. The third-order valence-corrected chi connectivity index (χ3v) is 7.52. The monoisotopic (exact) mass is 493 g/mol. The van der Waals surface area contributed by atoms with Crippen LogP contribution in [0.4, 0.5) is 0 Å². The maximum Gasteiger partial charge on any atom is 0.271 e. The lowest BCUT2D eigenvalue weighted by molar-refractivity contribution is -0.131. The summed E-state index contributed by atoms with van der Waals surface area (Å²) in [6.07, 6.45) is 9.24. The average Bonchev–Trinajstić information content (AvgIpc) is 3.34. The normalized spacial score (nSPS) is 16.4. The second-order valence-electron chi connectivity index (χ2n) is 9.96. The fourth-order valence-corrected chi connectivity index (χ4v) is 5.62. The number of pyridine rings is 1. The van der Waals surface area contributed by atoms with Gasteiger partial charge in [-0.1, -0.05) is 36.4 Å². The van der Waals surface area contributed by atoms with Gasteiger partial charge in [0.1, 0.15) is 5.69 Å². The lowest BCUT2D eigenvalue weighted by Crippen LogP contribution is -2.36. The zero-order valence-electron chi connectivity index (χ0n) is 21.0. The van der Waals surface area contributed by atoms with Crippen molar-refractivity contribution >= 4 is 17.1 Å². The predicted octanol–water partition coefficient (Wildman–Crippen LogP) is 5.41. The van der Waals surface area contributed by atoms with E-state index in [2.05, 4.69) is 0 Å². The molecule has 3 aromatic heterocycles. The van der Waals surface area contributed by atoms with Gasteiger partial charge < -0.3 is 4.90 Å². The second-order valence-corrected chi connectivity index (χ2v) is 9.96. The molecule has 1 saturated heterocycles. The van der Waals surface area contributed by atoms with E-state index in [4.69, 9.17) is 10.2 Å². The van der Waals surface area contributed by atoms with E-state index in [-0.39, 0.29) is 11.5 Å². The first kappa shape index (κ1) is 23.4. The van der Waals surface area contributed by atoms with Gasteiger partial charge in [0, 0.05) is 43.0 Å². The summed E-state index contributed by atoms with van der Waals surface area (Å²) < 4.78 is 3.41. The van der Waals surface area contributed by atoms with Crippen LogP contribution in [0.1, 0.15) is 51.4 Å². The number of aromatic nitrogens is 4. The number of nitrogens with zero attached hydrogens (tertiary/aromatic N) is 5. The Hall–Kier alpha value is -4.00. The molecule has 4 aromatic rings. The number of likely N-dealkylation sites (tertiary alicyclic amines) is 1. The van der Waals surface area contributed by atoms with Crippen LogP contribution in [-0.4, -0.2) is 43.3 Å². The van der Waals surface area contributed by atoms with Gasteiger partial charge in [0.25, 0.3) is 5.56 Å². The molecule has 0 N–H and O–H groups in total. The summed E-state index contributed by atoms with van der Waals surface area (Å²) in [5, 5.41) is 9.77. The molecular formula is C30H31N5O2. The number of benzene rings is 1. The van der Waals surface area contributed by atoms with E-state index < -0.39 is 0 Å². The van der Waals surface area contributed by atoms with Crippen LogP contribution in [0.15, 0.2) is 77.2 Å². The predicted molar refractivity (Wildman–Crippen MR) is 145 cm³/mol. The average molecular weight is 494 g/mol. The SMILES string of the molecule is O=C(CC1=C(n2nc(-c3c(-c4ccccc4)nn4ccccc34)ccc2=O)CCCC1)N1CCCCC1. The van der Waals surface area contributed by atoms with Crippen LogP contribution >= 0.6 is 0 Å². The molecule has 1 amide bonds. The van der Waals surface area contributed by atoms with Gasteiger partial charge in [-0.15, -0.1) is 0 Å². The van der Waals surface area contributed by atoms with Crippen molar-refractivity contribution in [3.05, 3.63) is 82.8 Å². The number of carbonyl (C=O) groups excluding carboxylic acids is 1. The minimum absolute atomic E-state index is 0.165. The van der Waals surface area contributed by atoms with Gasteiger partial charge in [-0.2, -0.15) is 10.2 Å². The maximum absolute atomic E-state index is 13.1. The molecule has 1 aliphatic heterocycles. The molecule has 0 bridgehead atoms. The summed E-state index contributed by atoms with van der Waals surface area (Å²) in [5.41, 5.74) is 6.10. The summed E-state index contributed by atoms with van der Waals surface area (Å²) in [6, 6.07) is 19.4. The van der Waals surface area contributed by atoms with Crippen molar-refractivity contribution in [2.75, 3.05) is 13.1 Å². The molecule has 7 nitrogen and oxygen atoms in total. The Bertz CT molecular complexity index is 1530. The van der Waals surface area contributed by atoms with Crippen LogP contribution in [-0.2, 0) is 4.79 Å². The van der Waals surface area contributed by atoms with Crippen molar-refractivity contribution in [1.29, 1.82) is 0 Å². The van der Waals surface area contributed by atoms with Crippen molar-refractivity contribution in [1.82, 2.24) is 24.3 Å². The Morgan fingerprint density at radius 3 is 2.43 bits per heavy atom. The summed E-state index contributed by atoms with van der Waals surface area (Å²) >= 11 is 0. The van der Waals surface area contributed by atoms with Crippen LogP contribution < -0.4 is 5.56 Å². The molecule has 0 unspecified atom stereocenters. The number of hydrogen-bond donors (Lipinski definition) is 0. The van der Waals surface area contributed by atoms with Crippen LogP contribution in [0.3, 0.4) is 0 Å². The number of allylic oxidation sites excluding steroid dienone is 1. The lowest BCUT2D eigenvalue weighted by Gasteiger charge is -2.28. The highest BCUT2D eigenvalue weighted by atomic mass is 16.2.